The predicted molar refractivity (Wildman–Crippen MR) is 96.8 cm³/mol. The summed E-state index contributed by atoms with van der Waals surface area (Å²) in [5.74, 6) is 1.52. The minimum atomic E-state index is -0.171. The van der Waals surface area contributed by atoms with Crippen LogP contribution in [-0.2, 0) is 11.3 Å². The third-order valence-corrected chi connectivity index (χ3v) is 5.02. The van der Waals surface area contributed by atoms with Crippen molar-refractivity contribution in [3.63, 3.8) is 0 Å². The highest BCUT2D eigenvalue weighted by Crippen LogP contribution is 2.29. The molecule has 2 aromatic rings. The molecule has 1 fully saturated rings. The van der Waals surface area contributed by atoms with Gasteiger partial charge in [0.15, 0.2) is 5.82 Å². The molecule has 1 atom stereocenters. The van der Waals surface area contributed by atoms with E-state index in [1.54, 1.807) is 19.2 Å². The molecule has 1 aliphatic rings. The van der Waals surface area contributed by atoms with Gasteiger partial charge in [0.25, 0.3) is 0 Å². The Morgan fingerprint density at radius 1 is 1.46 bits per heavy atom. The lowest BCUT2D eigenvalue weighted by Crippen LogP contribution is -2.47. The van der Waals surface area contributed by atoms with Crippen molar-refractivity contribution < 1.29 is 14.4 Å². The molecule has 8 nitrogen and oxygen atoms in total. The van der Waals surface area contributed by atoms with Crippen molar-refractivity contribution in [3.8, 4) is 0 Å². The molecule has 0 aromatic carbocycles. The number of piperidine rings is 1. The largest absolute Gasteiger partial charge is 0.394 e. The zero-order valence-electron chi connectivity index (χ0n) is 15.4. The summed E-state index contributed by atoms with van der Waals surface area (Å²) in [7, 11) is 0. The lowest BCUT2D eigenvalue weighted by Gasteiger charge is -2.36. The number of hydrogen-bond donors (Lipinski definition) is 2. The smallest absolute Gasteiger partial charge is 0.242 e. The van der Waals surface area contributed by atoms with Crippen LogP contribution >= 0.6 is 0 Å². The molecule has 3 rings (SSSR count). The van der Waals surface area contributed by atoms with E-state index in [0.29, 0.717) is 24.0 Å². The normalized spacial score (nSPS) is 17.3. The Kier molecular flexibility index (Phi) is 6.05. The second-order valence-electron chi connectivity index (χ2n) is 6.75. The highest BCUT2D eigenvalue weighted by atomic mass is 16.5. The number of anilines is 1. The van der Waals surface area contributed by atoms with Crippen LogP contribution in [-0.4, -0.2) is 56.6 Å². The van der Waals surface area contributed by atoms with Crippen LogP contribution in [0.25, 0.3) is 0 Å². The number of nitrogens with zero attached hydrogens (tertiary/aromatic N) is 4. The van der Waals surface area contributed by atoms with E-state index in [9.17, 15) is 4.79 Å². The van der Waals surface area contributed by atoms with Gasteiger partial charge in [0.2, 0.25) is 5.91 Å². The van der Waals surface area contributed by atoms with E-state index in [1.165, 1.54) is 5.69 Å². The minimum absolute atomic E-state index is 0.0374. The maximum atomic E-state index is 12.6. The van der Waals surface area contributed by atoms with Crippen molar-refractivity contribution >= 4 is 11.7 Å². The summed E-state index contributed by atoms with van der Waals surface area (Å²) in [6.07, 6.45) is 4.49. The fraction of sp³-hybridized carbons (Fsp3) is 0.611. The second kappa shape index (κ2) is 8.46. The molecule has 0 radical (unpaired) electrons. The summed E-state index contributed by atoms with van der Waals surface area (Å²) in [5, 5.41) is 20.1. The molecule has 3 heterocycles. The summed E-state index contributed by atoms with van der Waals surface area (Å²) in [6.45, 7) is 6.16. The molecule has 0 bridgehead atoms. The Morgan fingerprint density at radius 2 is 2.23 bits per heavy atom. The molecule has 1 amide bonds. The number of nitrogens with one attached hydrogen (secondary N) is 1. The molecule has 0 saturated carbocycles. The molecule has 1 aliphatic heterocycles. The maximum Gasteiger partial charge on any atom is 0.242 e. The van der Waals surface area contributed by atoms with Gasteiger partial charge in [-0.2, -0.15) is 5.10 Å². The Labute approximate surface area is 153 Å². The van der Waals surface area contributed by atoms with E-state index in [4.69, 9.17) is 9.63 Å². The van der Waals surface area contributed by atoms with E-state index in [-0.39, 0.29) is 18.6 Å². The number of aliphatic hydroxyl groups excluding tert-OH is 1. The molecule has 0 spiro atoms. The Morgan fingerprint density at radius 3 is 2.85 bits per heavy atom. The number of carbonyl (C=O) groups excluding carboxylic acids is 1. The number of amides is 1. The van der Waals surface area contributed by atoms with Crippen LogP contribution < -0.4 is 5.32 Å². The Bertz CT molecular complexity index is 718. The molecular weight excluding hydrogens is 334 g/mol. The van der Waals surface area contributed by atoms with Crippen LogP contribution in [0.3, 0.4) is 0 Å². The number of aromatic nitrogens is 3. The third-order valence-electron chi connectivity index (χ3n) is 5.02. The van der Waals surface area contributed by atoms with Gasteiger partial charge in [0.05, 0.1) is 19.2 Å². The average molecular weight is 361 g/mol. The van der Waals surface area contributed by atoms with Crippen LogP contribution in [0.4, 0.5) is 5.82 Å². The van der Waals surface area contributed by atoms with Crippen molar-refractivity contribution in [3.05, 3.63) is 29.8 Å². The van der Waals surface area contributed by atoms with Crippen molar-refractivity contribution in [2.45, 2.75) is 51.6 Å². The molecule has 1 saturated heterocycles. The topological polar surface area (TPSA) is 96.4 Å². The first-order valence-corrected chi connectivity index (χ1v) is 9.23. The molecule has 142 valence electrons. The standard InChI is InChI=1S/C18H27N5O3/c1-3-15(18(25)20-17-12-13(2)26-21-17)22-8-5-14(6-9-22)16-4-7-19-23(16)10-11-24/h4,7,12,14-15,24H,3,5-6,8-11H2,1-2H3,(H,20,21,25). The second-order valence-corrected chi connectivity index (χ2v) is 6.75. The SMILES string of the molecule is CCC(C(=O)Nc1cc(C)on1)N1CCC(c2ccnn2CCO)CC1. The Balaban J connectivity index is 1.58. The van der Waals surface area contributed by atoms with Crippen molar-refractivity contribution in [1.82, 2.24) is 19.8 Å². The first-order chi connectivity index (χ1) is 12.6. The van der Waals surface area contributed by atoms with E-state index < -0.39 is 0 Å². The van der Waals surface area contributed by atoms with Gasteiger partial charge in [-0.1, -0.05) is 12.1 Å². The fourth-order valence-electron chi connectivity index (χ4n) is 3.72. The van der Waals surface area contributed by atoms with Gasteiger partial charge < -0.3 is 14.9 Å². The van der Waals surface area contributed by atoms with Crippen molar-refractivity contribution in [2.75, 3.05) is 25.0 Å². The predicted octanol–water partition coefficient (Wildman–Crippen LogP) is 1.77. The van der Waals surface area contributed by atoms with Crippen LogP contribution in [0.1, 0.15) is 43.6 Å². The maximum absolute atomic E-state index is 12.6. The summed E-state index contributed by atoms with van der Waals surface area (Å²) in [6, 6.07) is 3.59. The molecule has 1 unspecified atom stereocenters. The minimum Gasteiger partial charge on any atom is -0.394 e. The third kappa shape index (κ3) is 4.13. The molecular formula is C18H27N5O3. The van der Waals surface area contributed by atoms with Gasteiger partial charge >= 0.3 is 0 Å². The van der Waals surface area contributed by atoms with E-state index >= 15 is 0 Å². The molecule has 26 heavy (non-hydrogen) atoms. The first kappa shape index (κ1) is 18.6. The van der Waals surface area contributed by atoms with Crippen LogP contribution in [0.2, 0.25) is 0 Å². The number of likely N-dealkylation sites (tertiary alicyclic amines) is 1. The summed E-state index contributed by atoms with van der Waals surface area (Å²) < 4.78 is 6.89. The van der Waals surface area contributed by atoms with Crippen LogP contribution in [0.15, 0.2) is 22.9 Å². The van der Waals surface area contributed by atoms with Gasteiger partial charge in [0, 0.05) is 23.9 Å². The summed E-state index contributed by atoms with van der Waals surface area (Å²) in [4.78, 5) is 14.9. The summed E-state index contributed by atoms with van der Waals surface area (Å²) in [5.41, 5.74) is 1.18. The fourth-order valence-corrected chi connectivity index (χ4v) is 3.72. The van der Waals surface area contributed by atoms with E-state index in [2.05, 4.69) is 20.5 Å². The monoisotopic (exact) mass is 361 g/mol. The van der Waals surface area contributed by atoms with Gasteiger partial charge in [-0.05, 0) is 45.3 Å². The van der Waals surface area contributed by atoms with Crippen molar-refractivity contribution in [1.29, 1.82) is 0 Å². The zero-order chi connectivity index (χ0) is 18.5. The Hall–Kier alpha value is -2.19. The molecule has 0 aliphatic carbocycles. The lowest BCUT2D eigenvalue weighted by atomic mass is 9.92. The van der Waals surface area contributed by atoms with Gasteiger partial charge in [-0.15, -0.1) is 0 Å². The highest BCUT2D eigenvalue weighted by molar-refractivity contribution is 5.94. The van der Waals surface area contributed by atoms with Crippen LogP contribution in [0.5, 0.6) is 0 Å². The van der Waals surface area contributed by atoms with Crippen molar-refractivity contribution in [2.24, 2.45) is 0 Å². The lowest BCUT2D eigenvalue weighted by molar-refractivity contribution is -0.121. The number of carbonyl (C=O) groups is 1. The van der Waals surface area contributed by atoms with E-state index in [1.807, 2.05) is 17.7 Å². The number of aryl methyl sites for hydroxylation is 1. The van der Waals surface area contributed by atoms with E-state index in [0.717, 1.165) is 32.4 Å². The average Bonchev–Trinajstić information content (AvgIpc) is 3.25. The van der Waals surface area contributed by atoms with Gasteiger partial charge in [0.1, 0.15) is 5.76 Å². The number of aliphatic hydroxyl groups is 1. The van der Waals surface area contributed by atoms with Crippen LogP contribution in [0, 0.1) is 6.92 Å². The van der Waals surface area contributed by atoms with Gasteiger partial charge in [-0.3, -0.25) is 14.4 Å². The first-order valence-electron chi connectivity index (χ1n) is 9.23. The molecule has 2 aromatic heterocycles. The molecule has 8 heteroatoms. The zero-order valence-corrected chi connectivity index (χ0v) is 15.4. The number of hydrogen-bond acceptors (Lipinski definition) is 6. The highest BCUT2D eigenvalue weighted by Gasteiger charge is 2.30. The molecule has 2 N–H and O–H groups in total. The summed E-state index contributed by atoms with van der Waals surface area (Å²) >= 11 is 0. The number of rotatable bonds is 7. The quantitative estimate of drug-likeness (QED) is 0.780. The van der Waals surface area contributed by atoms with Gasteiger partial charge in [-0.25, -0.2) is 0 Å².